The lowest BCUT2D eigenvalue weighted by molar-refractivity contribution is 0.0951. The topological polar surface area (TPSA) is 51.2 Å². The molecule has 1 amide bonds. The zero-order valence-corrected chi connectivity index (χ0v) is 10.0. The lowest BCUT2D eigenvalue weighted by Gasteiger charge is -2.02. The van der Waals surface area contributed by atoms with Crippen LogP contribution in [0.5, 0.6) is 0 Å². The van der Waals surface area contributed by atoms with E-state index in [1.165, 1.54) is 11.3 Å². The number of ether oxygens (including phenoxy) is 1. The van der Waals surface area contributed by atoms with E-state index in [4.69, 9.17) is 4.74 Å². The Labute approximate surface area is 98.3 Å². The molecule has 0 spiro atoms. The highest BCUT2D eigenvalue weighted by Gasteiger charge is 2.21. The fraction of sp³-hybridized carbons (Fsp3) is 0.455. The highest BCUT2D eigenvalue weighted by molar-refractivity contribution is 7.13. The average molecular weight is 238 g/mol. The third-order valence-corrected chi connectivity index (χ3v) is 3.49. The van der Waals surface area contributed by atoms with Gasteiger partial charge in [-0.25, -0.2) is 4.98 Å². The van der Waals surface area contributed by atoms with Crippen LogP contribution in [0, 0.1) is 0 Å². The van der Waals surface area contributed by atoms with E-state index in [2.05, 4.69) is 16.9 Å². The summed E-state index contributed by atoms with van der Waals surface area (Å²) < 4.78 is 5.29. The van der Waals surface area contributed by atoms with Crippen molar-refractivity contribution < 1.29 is 9.53 Å². The van der Waals surface area contributed by atoms with Gasteiger partial charge < -0.3 is 10.1 Å². The highest BCUT2D eigenvalue weighted by atomic mass is 32.1. The Morgan fingerprint density at radius 3 is 3.25 bits per heavy atom. The van der Waals surface area contributed by atoms with Crippen molar-refractivity contribution in [2.75, 3.05) is 13.2 Å². The molecular formula is C11H14N2O2S. The molecule has 5 heteroatoms. The summed E-state index contributed by atoms with van der Waals surface area (Å²) in [4.78, 5) is 17.0. The van der Waals surface area contributed by atoms with E-state index >= 15 is 0 Å². The van der Waals surface area contributed by atoms with Gasteiger partial charge in [-0.05, 0) is 19.8 Å². The molecule has 0 aromatic carbocycles. The molecule has 2 rings (SSSR count). The van der Waals surface area contributed by atoms with E-state index in [1.54, 1.807) is 0 Å². The first-order chi connectivity index (χ1) is 7.72. The Balaban J connectivity index is 2.29. The zero-order chi connectivity index (χ0) is 11.5. The summed E-state index contributed by atoms with van der Waals surface area (Å²) in [5.41, 5.74) is 0.540. The molecule has 4 nitrogen and oxygen atoms in total. The van der Waals surface area contributed by atoms with Crippen LogP contribution in [0.25, 0.3) is 5.76 Å². The molecule has 0 fully saturated rings. The van der Waals surface area contributed by atoms with Crippen LogP contribution in [0.3, 0.4) is 0 Å². The SMILES string of the molecule is C=C(OCC)c1nc2c(s1)CCCNC2=O. The van der Waals surface area contributed by atoms with Gasteiger partial charge in [-0.1, -0.05) is 6.58 Å². The van der Waals surface area contributed by atoms with Crippen molar-refractivity contribution in [3.63, 3.8) is 0 Å². The normalized spacial score (nSPS) is 14.9. The second-order valence-corrected chi connectivity index (χ2v) is 4.59. The van der Waals surface area contributed by atoms with Crippen molar-refractivity contribution in [3.8, 4) is 0 Å². The average Bonchev–Trinajstić information content (AvgIpc) is 2.62. The monoisotopic (exact) mass is 238 g/mol. The first-order valence-corrected chi connectivity index (χ1v) is 6.14. The third kappa shape index (κ3) is 2.09. The molecule has 1 N–H and O–H groups in total. The number of nitrogens with zero attached hydrogens (tertiary/aromatic N) is 1. The maximum Gasteiger partial charge on any atom is 0.271 e. The summed E-state index contributed by atoms with van der Waals surface area (Å²) in [5, 5.41) is 3.53. The fourth-order valence-electron chi connectivity index (χ4n) is 1.59. The molecule has 16 heavy (non-hydrogen) atoms. The van der Waals surface area contributed by atoms with Crippen LogP contribution in [0.4, 0.5) is 0 Å². The van der Waals surface area contributed by atoms with Crippen LogP contribution >= 0.6 is 11.3 Å². The lowest BCUT2D eigenvalue weighted by Crippen LogP contribution is -2.23. The molecular weight excluding hydrogens is 224 g/mol. The quantitative estimate of drug-likeness (QED) is 0.817. The summed E-state index contributed by atoms with van der Waals surface area (Å²) in [6.45, 7) is 6.99. The standard InChI is InChI=1S/C11H14N2O2S/c1-3-15-7(2)11-13-9-8(16-11)5-4-6-12-10(9)14/h2-6H2,1H3,(H,12,14). The van der Waals surface area contributed by atoms with Crippen molar-refractivity contribution in [2.24, 2.45) is 0 Å². The first-order valence-electron chi connectivity index (χ1n) is 5.32. The third-order valence-electron chi connectivity index (χ3n) is 2.34. The van der Waals surface area contributed by atoms with Crippen LogP contribution in [0.15, 0.2) is 6.58 Å². The Kier molecular flexibility index (Phi) is 3.24. The predicted molar refractivity (Wildman–Crippen MR) is 63.4 cm³/mol. The minimum absolute atomic E-state index is 0.0840. The highest BCUT2D eigenvalue weighted by Crippen LogP contribution is 2.26. The predicted octanol–water partition coefficient (Wildman–Crippen LogP) is 1.83. The molecule has 1 aliphatic heterocycles. The molecule has 1 aliphatic rings. The number of fused-ring (bicyclic) bond motifs is 1. The summed E-state index contributed by atoms with van der Waals surface area (Å²) in [5.74, 6) is 0.465. The zero-order valence-electron chi connectivity index (χ0n) is 9.21. The second kappa shape index (κ2) is 4.65. The van der Waals surface area contributed by atoms with Crippen LogP contribution in [0.1, 0.15) is 33.7 Å². The van der Waals surface area contributed by atoms with E-state index in [-0.39, 0.29) is 5.91 Å². The van der Waals surface area contributed by atoms with Gasteiger partial charge >= 0.3 is 0 Å². The van der Waals surface area contributed by atoms with Gasteiger partial charge in [-0.3, -0.25) is 4.79 Å². The van der Waals surface area contributed by atoms with Crippen LogP contribution in [-0.2, 0) is 11.2 Å². The van der Waals surface area contributed by atoms with Crippen LogP contribution in [-0.4, -0.2) is 24.0 Å². The molecule has 86 valence electrons. The van der Waals surface area contributed by atoms with E-state index < -0.39 is 0 Å². The van der Waals surface area contributed by atoms with Crippen molar-refractivity contribution in [3.05, 3.63) is 22.2 Å². The van der Waals surface area contributed by atoms with Crippen molar-refractivity contribution in [2.45, 2.75) is 19.8 Å². The van der Waals surface area contributed by atoms with Gasteiger partial charge in [0, 0.05) is 11.4 Å². The number of nitrogens with one attached hydrogen (secondary N) is 1. The molecule has 0 bridgehead atoms. The number of rotatable bonds is 3. The van der Waals surface area contributed by atoms with E-state index in [9.17, 15) is 4.79 Å². The summed E-state index contributed by atoms with van der Waals surface area (Å²) in [6, 6.07) is 0. The molecule has 0 radical (unpaired) electrons. The Bertz CT molecular complexity index is 426. The molecule has 1 aromatic heterocycles. The molecule has 2 heterocycles. The minimum atomic E-state index is -0.0840. The van der Waals surface area contributed by atoms with Gasteiger partial charge in [0.25, 0.3) is 5.91 Å². The largest absolute Gasteiger partial charge is 0.491 e. The van der Waals surface area contributed by atoms with Gasteiger partial charge in [-0.15, -0.1) is 11.3 Å². The summed E-state index contributed by atoms with van der Waals surface area (Å²) >= 11 is 1.50. The molecule has 1 aromatic rings. The fourth-order valence-corrected chi connectivity index (χ4v) is 2.61. The number of hydrogen-bond donors (Lipinski definition) is 1. The Morgan fingerprint density at radius 1 is 1.69 bits per heavy atom. The molecule has 0 saturated heterocycles. The number of carbonyl (C=O) groups is 1. The van der Waals surface area contributed by atoms with Gasteiger partial charge in [0.05, 0.1) is 6.61 Å². The number of carbonyl (C=O) groups excluding carboxylic acids is 1. The van der Waals surface area contributed by atoms with Gasteiger partial charge in [0.15, 0.2) is 5.01 Å². The van der Waals surface area contributed by atoms with Crippen molar-refractivity contribution >= 4 is 23.0 Å². The van der Waals surface area contributed by atoms with Crippen LogP contribution in [0.2, 0.25) is 0 Å². The van der Waals surface area contributed by atoms with E-state index in [0.717, 1.165) is 24.3 Å². The van der Waals surface area contributed by atoms with Gasteiger partial charge in [-0.2, -0.15) is 0 Å². The first kappa shape index (κ1) is 11.1. The second-order valence-electron chi connectivity index (χ2n) is 3.51. The maximum atomic E-state index is 11.7. The molecule has 0 atom stereocenters. The van der Waals surface area contributed by atoms with E-state index in [0.29, 0.717) is 23.1 Å². The number of amides is 1. The van der Waals surface area contributed by atoms with Gasteiger partial charge in [0.2, 0.25) is 0 Å². The minimum Gasteiger partial charge on any atom is -0.491 e. The van der Waals surface area contributed by atoms with E-state index in [1.807, 2.05) is 6.92 Å². The number of hydrogen-bond acceptors (Lipinski definition) is 4. The van der Waals surface area contributed by atoms with Crippen molar-refractivity contribution in [1.82, 2.24) is 10.3 Å². The molecule has 0 aliphatic carbocycles. The Morgan fingerprint density at radius 2 is 2.50 bits per heavy atom. The van der Waals surface area contributed by atoms with Crippen molar-refractivity contribution in [1.29, 1.82) is 0 Å². The lowest BCUT2D eigenvalue weighted by atomic mass is 10.2. The summed E-state index contributed by atoms with van der Waals surface area (Å²) in [7, 11) is 0. The smallest absolute Gasteiger partial charge is 0.271 e. The van der Waals surface area contributed by atoms with Gasteiger partial charge in [0.1, 0.15) is 11.5 Å². The number of thiazole rings is 1. The number of aryl methyl sites for hydroxylation is 1. The molecule has 0 saturated carbocycles. The Hall–Kier alpha value is -1.36. The van der Waals surface area contributed by atoms with Crippen LogP contribution < -0.4 is 5.32 Å². The molecule has 0 unspecified atom stereocenters. The summed E-state index contributed by atoms with van der Waals surface area (Å²) in [6.07, 6.45) is 1.85. The number of aromatic nitrogens is 1. The maximum absolute atomic E-state index is 11.7.